The van der Waals surface area contributed by atoms with Crippen molar-refractivity contribution in [1.29, 1.82) is 0 Å². The third-order valence-corrected chi connectivity index (χ3v) is 3.97. The highest BCUT2D eigenvalue weighted by atomic mass is 19.1. The number of carbonyl (C=O) groups is 1. The Kier molecular flexibility index (Phi) is 4.09. The normalized spacial score (nSPS) is 17.7. The number of imidazole rings is 1. The molecule has 6 heteroatoms. The maximum Gasteiger partial charge on any atom is 0.271 e. The first kappa shape index (κ1) is 14.6. The summed E-state index contributed by atoms with van der Waals surface area (Å²) in [4.78, 5) is 18.0. The summed E-state index contributed by atoms with van der Waals surface area (Å²) >= 11 is 0. The van der Waals surface area contributed by atoms with E-state index in [1.807, 2.05) is 18.0 Å². The van der Waals surface area contributed by atoms with Gasteiger partial charge in [0, 0.05) is 32.9 Å². The van der Waals surface area contributed by atoms with Crippen LogP contribution in [0.5, 0.6) is 0 Å². The van der Waals surface area contributed by atoms with E-state index in [2.05, 4.69) is 10.3 Å². The zero-order valence-electron chi connectivity index (χ0n) is 12.5. The fourth-order valence-electron chi connectivity index (χ4n) is 2.78. The van der Waals surface area contributed by atoms with Gasteiger partial charge in [-0.05, 0) is 24.5 Å². The molecule has 0 spiro atoms. The summed E-state index contributed by atoms with van der Waals surface area (Å²) in [6, 6.07) is 6.81. The quantitative estimate of drug-likeness (QED) is 0.937. The van der Waals surface area contributed by atoms with Gasteiger partial charge in [-0.2, -0.15) is 0 Å². The zero-order chi connectivity index (χ0) is 15.5. The minimum atomic E-state index is -0.194. The molecule has 1 aliphatic heterocycles. The van der Waals surface area contributed by atoms with E-state index in [-0.39, 0.29) is 11.7 Å². The lowest BCUT2D eigenvalue weighted by Gasteiger charge is -2.19. The number of aryl methyl sites for hydroxylation is 1. The van der Waals surface area contributed by atoms with Crippen LogP contribution in [0.4, 0.5) is 10.1 Å². The second kappa shape index (κ2) is 6.17. The molecule has 0 bridgehead atoms. The third kappa shape index (κ3) is 3.10. The van der Waals surface area contributed by atoms with Crippen LogP contribution in [0.1, 0.15) is 16.9 Å². The summed E-state index contributed by atoms with van der Waals surface area (Å²) in [7, 11) is 1.83. The molecule has 5 nitrogen and oxygen atoms in total. The van der Waals surface area contributed by atoms with Gasteiger partial charge >= 0.3 is 0 Å². The topological polar surface area (TPSA) is 50.2 Å². The predicted molar refractivity (Wildman–Crippen MR) is 82.3 cm³/mol. The monoisotopic (exact) mass is 302 g/mol. The predicted octanol–water partition coefficient (Wildman–Crippen LogP) is 1.82. The van der Waals surface area contributed by atoms with E-state index in [9.17, 15) is 9.18 Å². The number of hydrogen-bond donors (Lipinski definition) is 1. The average Bonchev–Trinajstić information content (AvgIpc) is 3.14. The smallest absolute Gasteiger partial charge is 0.271 e. The molecule has 0 unspecified atom stereocenters. The Balaban J connectivity index is 1.53. The van der Waals surface area contributed by atoms with E-state index >= 15 is 0 Å². The molecule has 1 aliphatic rings. The number of para-hydroxylation sites is 1. The lowest BCUT2D eigenvalue weighted by atomic mass is 10.1. The van der Waals surface area contributed by atoms with Gasteiger partial charge in [0.2, 0.25) is 0 Å². The summed E-state index contributed by atoms with van der Waals surface area (Å²) in [5.41, 5.74) is 1.06. The highest BCUT2D eigenvalue weighted by Gasteiger charge is 2.24. The highest BCUT2D eigenvalue weighted by Crippen LogP contribution is 2.25. The van der Waals surface area contributed by atoms with Gasteiger partial charge in [0.05, 0.1) is 12.0 Å². The lowest BCUT2D eigenvalue weighted by Crippen LogP contribution is -2.31. The van der Waals surface area contributed by atoms with Crippen LogP contribution in [0.3, 0.4) is 0 Å². The summed E-state index contributed by atoms with van der Waals surface area (Å²) < 4.78 is 15.5. The van der Waals surface area contributed by atoms with Crippen molar-refractivity contribution in [1.82, 2.24) is 14.9 Å². The molecule has 1 atom stereocenters. The molecule has 1 amide bonds. The van der Waals surface area contributed by atoms with Crippen molar-refractivity contribution in [2.45, 2.75) is 6.42 Å². The van der Waals surface area contributed by atoms with Crippen molar-refractivity contribution in [3.8, 4) is 0 Å². The first-order chi connectivity index (χ1) is 10.6. The summed E-state index contributed by atoms with van der Waals surface area (Å²) in [6.45, 7) is 2.15. The van der Waals surface area contributed by atoms with E-state index in [4.69, 9.17) is 0 Å². The first-order valence-corrected chi connectivity index (χ1v) is 7.39. The number of hydrogen-bond acceptors (Lipinski definition) is 3. The Hall–Kier alpha value is -2.37. The summed E-state index contributed by atoms with van der Waals surface area (Å²) in [5.74, 6) is -0.0297. The number of anilines is 1. The SMILES string of the molecule is Cn1cnc(C(=O)NC[C@H]2CCN(c3ccccc3F)C2)c1. The van der Waals surface area contributed by atoms with Crippen molar-refractivity contribution in [2.24, 2.45) is 13.0 Å². The van der Waals surface area contributed by atoms with Gasteiger partial charge in [0.25, 0.3) is 5.91 Å². The number of benzene rings is 1. The summed E-state index contributed by atoms with van der Waals surface area (Å²) in [6.07, 6.45) is 4.23. The average molecular weight is 302 g/mol. The number of nitrogens with one attached hydrogen (secondary N) is 1. The van der Waals surface area contributed by atoms with Crippen LogP contribution < -0.4 is 10.2 Å². The van der Waals surface area contributed by atoms with Gasteiger partial charge in [0.1, 0.15) is 11.5 Å². The Bertz CT molecular complexity index is 670. The molecule has 2 aromatic rings. The second-order valence-corrected chi connectivity index (χ2v) is 5.69. The van der Waals surface area contributed by atoms with Crippen LogP contribution in [0.15, 0.2) is 36.8 Å². The molecular formula is C16H19FN4O. The molecule has 0 radical (unpaired) electrons. The number of amides is 1. The van der Waals surface area contributed by atoms with Crippen LogP contribution in [0.25, 0.3) is 0 Å². The van der Waals surface area contributed by atoms with Gasteiger partial charge in [-0.15, -0.1) is 0 Å². The van der Waals surface area contributed by atoms with E-state index < -0.39 is 0 Å². The minimum absolute atomic E-state index is 0.162. The summed E-state index contributed by atoms with van der Waals surface area (Å²) in [5, 5.41) is 2.91. The van der Waals surface area contributed by atoms with Crippen LogP contribution in [-0.4, -0.2) is 35.1 Å². The van der Waals surface area contributed by atoms with Gasteiger partial charge in [0.15, 0.2) is 0 Å². The standard InChI is InChI=1S/C16H19FN4O/c1-20-10-14(19-11-20)16(22)18-8-12-6-7-21(9-12)15-5-3-2-4-13(15)17/h2-5,10-12H,6-9H2,1H3,(H,18,22)/t12-/m1/s1. The Morgan fingerprint density at radius 3 is 3.00 bits per heavy atom. The number of aromatic nitrogens is 2. The molecule has 1 fully saturated rings. The van der Waals surface area contributed by atoms with Gasteiger partial charge < -0.3 is 14.8 Å². The zero-order valence-corrected chi connectivity index (χ0v) is 12.5. The van der Waals surface area contributed by atoms with E-state index in [1.165, 1.54) is 6.07 Å². The minimum Gasteiger partial charge on any atom is -0.369 e. The maximum atomic E-state index is 13.8. The molecule has 1 aromatic heterocycles. The molecule has 1 N–H and O–H groups in total. The first-order valence-electron chi connectivity index (χ1n) is 7.39. The van der Waals surface area contributed by atoms with Crippen LogP contribution in [0.2, 0.25) is 0 Å². The van der Waals surface area contributed by atoms with Crippen molar-refractivity contribution in [3.63, 3.8) is 0 Å². The molecule has 1 aromatic carbocycles. The van der Waals surface area contributed by atoms with E-state index in [0.29, 0.717) is 23.8 Å². The number of halogens is 1. The van der Waals surface area contributed by atoms with E-state index in [1.54, 1.807) is 29.2 Å². The molecule has 1 saturated heterocycles. The fraction of sp³-hybridized carbons (Fsp3) is 0.375. The van der Waals surface area contributed by atoms with Crippen LogP contribution in [0, 0.1) is 11.7 Å². The fourth-order valence-corrected chi connectivity index (χ4v) is 2.78. The Morgan fingerprint density at radius 2 is 2.27 bits per heavy atom. The van der Waals surface area contributed by atoms with Gasteiger partial charge in [-0.25, -0.2) is 9.37 Å². The Labute approximate surface area is 128 Å². The highest BCUT2D eigenvalue weighted by molar-refractivity contribution is 5.91. The van der Waals surface area contributed by atoms with Crippen molar-refractivity contribution >= 4 is 11.6 Å². The molecule has 2 heterocycles. The molecule has 0 aliphatic carbocycles. The molecular weight excluding hydrogens is 283 g/mol. The van der Waals surface area contributed by atoms with Gasteiger partial charge in [-0.3, -0.25) is 4.79 Å². The number of nitrogens with zero attached hydrogens (tertiary/aromatic N) is 3. The van der Waals surface area contributed by atoms with Crippen LogP contribution >= 0.6 is 0 Å². The molecule has 116 valence electrons. The second-order valence-electron chi connectivity index (χ2n) is 5.69. The van der Waals surface area contributed by atoms with E-state index in [0.717, 1.165) is 19.5 Å². The van der Waals surface area contributed by atoms with Crippen LogP contribution in [-0.2, 0) is 7.05 Å². The largest absolute Gasteiger partial charge is 0.369 e. The molecule has 3 rings (SSSR count). The Morgan fingerprint density at radius 1 is 1.45 bits per heavy atom. The molecule has 0 saturated carbocycles. The van der Waals surface area contributed by atoms with Crippen molar-refractivity contribution < 1.29 is 9.18 Å². The number of carbonyl (C=O) groups excluding carboxylic acids is 1. The maximum absolute atomic E-state index is 13.8. The number of rotatable bonds is 4. The molecule has 22 heavy (non-hydrogen) atoms. The van der Waals surface area contributed by atoms with Crippen molar-refractivity contribution in [3.05, 3.63) is 48.3 Å². The van der Waals surface area contributed by atoms with Crippen molar-refractivity contribution in [2.75, 3.05) is 24.5 Å². The lowest BCUT2D eigenvalue weighted by molar-refractivity contribution is 0.0943. The third-order valence-electron chi connectivity index (χ3n) is 3.97. The van der Waals surface area contributed by atoms with Gasteiger partial charge in [-0.1, -0.05) is 12.1 Å².